The predicted octanol–water partition coefficient (Wildman–Crippen LogP) is 5.17. The fourth-order valence-electron chi connectivity index (χ4n) is 2.60. The molecule has 0 radical (unpaired) electrons. The van der Waals surface area contributed by atoms with Crippen molar-refractivity contribution in [3.63, 3.8) is 0 Å². The summed E-state index contributed by atoms with van der Waals surface area (Å²) in [4.78, 5) is 12.8. The fourth-order valence-corrected chi connectivity index (χ4v) is 2.60. The lowest BCUT2D eigenvalue weighted by molar-refractivity contribution is 0.103. The standard InChI is InChI=1S/C20H24O/c1-5-8-15-11-13-16(14-12-15)19(21)17-9-6-7-10-18(17)20(2,3)4/h6-7,9-14H,5,8H2,1-4H3. The molecule has 0 fully saturated rings. The third kappa shape index (κ3) is 3.60. The number of ketones is 1. The largest absolute Gasteiger partial charge is 0.289 e. The Balaban J connectivity index is 2.36. The number of hydrogen-bond donors (Lipinski definition) is 0. The monoisotopic (exact) mass is 280 g/mol. The van der Waals surface area contributed by atoms with Crippen LogP contribution >= 0.6 is 0 Å². The first-order chi connectivity index (χ1) is 9.93. The van der Waals surface area contributed by atoms with Crippen LogP contribution in [0.1, 0.15) is 61.2 Å². The third-order valence-electron chi connectivity index (χ3n) is 3.73. The van der Waals surface area contributed by atoms with Crippen molar-refractivity contribution in [2.45, 2.75) is 46.0 Å². The van der Waals surface area contributed by atoms with E-state index in [4.69, 9.17) is 0 Å². The highest BCUT2D eigenvalue weighted by Gasteiger charge is 2.21. The third-order valence-corrected chi connectivity index (χ3v) is 3.73. The van der Waals surface area contributed by atoms with Crippen molar-refractivity contribution in [2.75, 3.05) is 0 Å². The highest BCUT2D eigenvalue weighted by atomic mass is 16.1. The Morgan fingerprint density at radius 3 is 2.14 bits per heavy atom. The van der Waals surface area contributed by atoms with Gasteiger partial charge in [0.25, 0.3) is 0 Å². The van der Waals surface area contributed by atoms with Crippen molar-refractivity contribution >= 4 is 5.78 Å². The number of aryl methyl sites for hydroxylation is 1. The molecule has 110 valence electrons. The summed E-state index contributed by atoms with van der Waals surface area (Å²) in [6, 6.07) is 16.0. The molecule has 0 unspecified atom stereocenters. The SMILES string of the molecule is CCCc1ccc(C(=O)c2ccccc2C(C)(C)C)cc1. The molecule has 21 heavy (non-hydrogen) atoms. The molecule has 0 saturated carbocycles. The number of rotatable bonds is 4. The second kappa shape index (κ2) is 6.26. The van der Waals surface area contributed by atoms with Crippen LogP contribution in [0.15, 0.2) is 48.5 Å². The van der Waals surface area contributed by atoms with Gasteiger partial charge in [-0.25, -0.2) is 0 Å². The normalized spacial score (nSPS) is 11.4. The minimum Gasteiger partial charge on any atom is -0.289 e. The Hall–Kier alpha value is -1.89. The Kier molecular flexibility index (Phi) is 4.62. The van der Waals surface area contributed by atoms with Gasteiger partial charge in [0.2, 0.25) is 0 Å². The first kappa shape index (κ1) is 15.5. The lowest BCUT2D eigenvalue weighted by Crippen LogP contribution is -2.17. The zero-order valence-corrected chi connectivity index (χ0v) is 13.4. The van der Waals surface area contributed by atoms with Crippen LogP contribution in [0.3, 0.4) is 0 Å². The molecule has 0 spiro atoms. The highest BCUT2D eigenvalue weighted by molar-refractivity contribution is 6.10. The molecule has 0 amide bonds. The predicted molar refractivity (Wildman–Crippen MR) is 89.0 cm³/mol. The van der Waals surface area contributed by atoms with Crippen LogP contribution < -0.4 is 0 Å². The van der Waals surface area contributed by atoms with Gasteiger partial charge in [-0.3, -0.25) is 4.79 Å². The van der Waals surface area contributed by atoms with Gasteiger partial charge in [0.15, 0.2) is 5.78 Å². The fraction of sp³-hybridized carbons (Fsp3) is 0.350. The topological polar surface area (TPSA) is 17.1 Å². The first-order valence-electron chi connectivity index (χ1n) is 7.66. The maximum atomic E-state index is 12.8. The van der Waals surface area contributed by atoms with Crippen molar-refractivity contribution < 1.29 is 4.79 Å². The van der Waals surface area contributed by atoms with Gasteiger partial charge in [-0.1, -0.05) is 82.6 Å². The van der Waals surface area contributed by atoms with Crippen molar-refractivity contribution in [1.82, 2.24) is 0 Å². The Morgan fingerprint density at radius 2 is 1.57 bits per heavy atom. The number of carbonyl (C=O) groups excluding carboxylic acids is 1. The summed E-state index contributed by atoms with van der Waals surface area (Å²) in [6.45, 7) is 8.59. The van der Waals surface area contributed by atoms with Crippen LogP contribution in [0.5, 0.6) is 0 Å². The van der Waals surface area contributed by atoms with Crippen LogP contribution in [0.2, 0.25) is 0 Å². The maximum Gasteiger partial charge on any atom is 0.193 e. The Morgan fingerprint density at radius 1 is 0.952 bits per heavy atom. The van der Waals surface area contributed by atoms with Crippen LogP contribution in [0.4, 0.5) is 0 Å². The zero-order valence-electron chi connectivity index (χ0n) is 13.4. The first-order valence-corrected chi connectivity index (χ1v) is 7.66. The summed E-state index contributed by atoms with van der Waals surface area (Å²) in [6.07, 6.45) is 2.19. The summed E-state index contributed by atoms with van der Waals surface area (Å²) in [5.74, 6) is 0.114. The summed E-state index contributed by atoms with van der Waals surface area (Å²) < 4.78 is 0. The molecule has 0 bridgehead atoms. The average molecular weight is 280 g/mol. The molecule has 0 aliphatic carbocycles. The average Bonchev–Trinajstić information content (AvgIpc) is 2.47. The molecule has 0 heterocycles. The molecule has 0 N–H and O–H groups in total. The molecule has 0 saturated heterocycles. The summed E-state index contributed by atoms with van der Waals surface area (Å²) >= 11 is 0. The van der Waals surface area contributed by atoms with Gasteiger partial charge < -0.3 is 0 Å². The number of benzene rings is 2. The molecular formula is C20H24O. The summed E-state index contributed by atoms with van der Waals surface area (Å²) in [7, 11) is 0. The minimum absolute atomic E-state index is 0.0333. The minimum atomic E-state index is -0.0333. The van der Waals surface area contributed by atoms with E-state index in [1.54, 1.807) is 0 Å². The van der Waals surface area contributed by atoms with E-state index >= 15 is 0 Å². The van der Waals surface area contributed by atoms with Crippen molar-refractivity contribution in [3.05, 3.63) is 70.8 Å². The van der Waals surface area contributed by atoms with E-state index in [1.807, 2.05) is 30.3 Å². The van der Waals surface area contributed by atoms with Crippen LogP contribution in [0, 0.1) is 0 Å². The van der Waals surface area contributed by atoms with E-state index in [0.29, 0.717) is 0 Å². The zero-order chi connectivity index (χ0) is 15.5. The van der Waals surface area contributed by atoms with E-state index in [1.165, 1.54) is 5.56 Å². The molecule has 0 aliphatic rings. The Bertz CT molecular complexity index is 615. The molecule has 2 aromatic rings. The lowest BCUT2D eigenvalue weighted by atomic mass is 9.82. The van der Waals surface area contributed by atoms with E-state index < -0.39 is 0 Å². The van der Waals surface area contributed by atoms with E-state index in [0.717, 1.165) is 29.5 Å². The molecule has 2 rings (SSSR count). The van der Waals surface area contributed by atoms with Gasteiger partial charge in [0.05, 0.1) is 0 Å². The van der Waals surface area contributed by atoms with Gasteiger partial charge in [0.1, 0.15) is 0 Å². The molecule has 0 aliphatic heterocycles. The molecule has 1 nitrogen and oxygen atoms in total. The second-order valence-corrected chi connectivity index (χ2v) is 6.57. The molecule has 0 atom stereocenters. The van der Waals surface area contributed by atoms with Crippen LogP contribution in [0.25, 0.3) is 0 Å². The highest BCUT2D eigenvalue weighted by Crippen LogP contribution is 2.27. The maximum absolute atomic E-state index is 12.8. The van der Waals surface area contributed by atoms with Crippen molar-refractivity contribution in [1.29, 1.82) is 0 Å². The van der Waals surface area contributed by atoms with Crippen LogP contribution in [-0.4, -0.2) is 5.78 Å². The van der Waals surface area contributed by atoms with Gasteiger partial charge in [-0.2, -0.15) is 0 Å². The summed E-state index contributed by atoms with van der Waals surface area (Å²) in [5, 5.41) is 0. The van der Waals surface area contributed by atoms with Gasteiger partial charge >= 0.3 is 0 Å². The number of carbonyl (C=O) groups is 1. The quantitative estimate of drug-likeness (QED) is 0.706. The number of hydrogen-bond acceptors (Lipinski definition) is 1. The van der Waals surface area contributed by atoms with E-state index in [-0.39, 0.29) is 11.2 Å². The molecule has 1 heteroatoms. The lowest BCUT2D eigenvalue weighted by Gasteiger charge is -2.22. The molecule has 2 aromatic carbocycles. The van der Waals surface area contributed by atoms with E-state index in [9.17, 15) is 4.79 Å². The Labute approximate surface area is 128 Å². The van der Waals surface area contributed by atoms with Crippen molar-refractivity contribution in [3.8, 4) is 0 Å². The van der Waals surface area contributed by atoms with Crippen molar-refractivity contribution in [2.24, 2.45) is 0 Å². The molecule has 0 aromatic heterocycles. The van der Waals surface area contributed by atoms with Gasteiger partial charge in [-0.15, -0.1) is 0 Å². The summed E-state index contributed by atoms with van der Waals surface area (Å²) in [5.41, 5.74) is 3.94. The van der Waals surface area contributed by atoms with Crippen LogP contribution in [-0.2, 0) is 11.8 Å². The second-order valence-electron chi connectivity index (χ2n) is 6.57. The smallest absolute Gasteiger partial charge is 0.193 e. The van der Waals surface area contributed by atoms with Gasteiger partial charge in [0, 0.05) is 11.1 Å². The van der Waals surface area contributed by atoms with Gasteiger partial charge in [-0.05, 0) is 23.0 Å². The molecular weight excluding hydrogens is 256 g/mol. The van der Waals surface area contributed by atoms with E-state index in [2.05, 4.69) is 45.9 Å².